The first-order valence-electron chi connectivity index (χ1n) is 11.1. The fraction of sp³-hybridized carbons (Fsp3) is 0.346. The van der Waals surface area contributed by atoms with Gasteiger partial charge in [0.05, 0.1) is 11.7 Å². The minimum atomic E-state index is -0.528. The average Bonchev–Trinajstić information content (AvgIpc) is 2.79. The second kappa shape index (κ2) is 9.89. The minimum Gasteiger partial charge on any atom is -0.444 e. The molecule has 0 saturated carbocycles. The Morgan fingerprint density at radius 3 is 2.61 bits per heavy atom. The number of hydrogen-bond acceptors (Lipinski definition) is 5. The van der Waals surface area contributed by atoms with Crippen LogP contribution >= 0.6 is 11.6 Å². The summed E-state index contributed by atoms with van der Waals surface area (Å²) < 4.78 is 5.70. The third-order valence-electron chi connectivity index (χ3n) is 5.53. The predicted octanol–water partition coefficient (Wildman–Crippen LogP) is 5.59. The smallest absolute Gasteiger partial charge is 0.410 e. The standard InChI is InChI=1S/C26H29ClN4O2/c1-26(2,3)33-25(32)31-15-14-30(18-23(31)20-9-5-4-6-10-20)17-19-8-7-11-21(16-19)22-12-13-28-24(27)29-22/h4-13,16,23H,14-15,17-18H2,1-3H3. The van der Waals surface area contributed by atoms with E-state index in [1.807, 2.05) is 62.1 Å². The Balaban J connectivity index is 1.52. The van der Waals surface area contributed by atoms with Crippen molar-refractivity contribution in [2.75, 3.05) is 19.6 Å². The van der Waals surface area contributed by atoms with Crippen molar-refractivity contribution in [2.45, 2.75) is 39.0 Å². The lowest BCUT2D eigenvalue weighted by Crippen LogP contribution is -2.51. The summed E-state index contributed by atoms with van der Waals surface area (Å²) in [7, 11) is 0. The van der Waals surface area contributed by atoms with E-state index in [9.17, 15) is 4.79 Å². The molecule has 0 radical (unpaired) electrons. The van der Waals surface area contributed by atoms with Crippen LogP contribution in [-0.2, 0) is 11.3 Å². The van der Waals surface area contributed by atoms with E-state index >= 15 is 0 Å². The number of carbonyl (C=O) groups excluding carboxylic acids is 1. The molecule has 7 heteroatoms. The highest BCUT2D eigenvalue weighted by molar-refractivity contribution is 6.28. The molecule has 1 aromatic heterocycles. The van der Waals surface area contributed by atoms with E-state index in [0.29, 0.717) is 6.54 Å². The van der Waals surface area contributed by atoms with Crippen LogP contribution in [0.4, 0.5) is 4.79 Å². The van der Waals surface area contributed by atoms with Crippen LogP contribution in [0.2, 0.25) is 5.28 Å². The van der Waals surface area contributed by atoms with E-state index in [1.54, 1.807) is 6.20 Å². The van der Waals surface area contributed by atoms with Gasteiger partial charge in [-0.1, -0.05) is 48.5 Å². The summed E-state index contributed by atoms with van der Waals surface area (Å²) in [6.07, 6.45) is 1.40. The number of ether oxygens (including phenoxy) is 1. The molecule has 3 aromatic rings. The van der Waals surface area contributed by atoms with Gasteiger partial charge in [0, 0.05) is 37.9 Å². The highest BCUT2D eigenvalue weighted by atomic mass is 35.5. The summed E-state index contributed by atoms with van der Waals surface area (Å²) >= 11 is 5.97. The molecule has 6 nitrogen and oxygen atoms in total. The van der Waals surface area contributed by atoms with Gasteiger partial charge >= 0.3 is 6.09 Å². The third kappa shape index (κ3) is 6.09. The highest BCUT2D eigenvalue weighted by Crippen LogP contribution is 2.29. The normalized spacial score (nSPS) is 17.1. The Morgan fingerprint density at radius 2 is 1.88 bits per heavy atom. The van der Waals surface area contributed by atoms with Crippen molar-refractivity contribution < 1.29 is 9.53 Å². The fourth-order valence-corrected chi connectivity index (χ4v) is 4.21. The molecule has 1 amide bonds. The lowest BCUT2D eigenvalue weighted by atomic mass is 10.0. The summed E-state index contributed by atoms with van der Waals surface area (Å²) in [6.45, 7) is 8.58. The Kier molecular flexibility index (Phi) is 6.96. The second-order valence-electron chi connectivity index (χ2n) is 9.25. The van der Waals surface area contributed by atoms with Gasteiger partial charge in [0.15, 0.2) is 0 Å². The molecule has 1 aliphatic rings. The molecule has 33 heavy (non-hydrogen) atoms. The van der Waals surface area contributed by atoms with E-state index in [1.165, 1.54) is 5.56 Å². The van der Waals surface area contributed by atoms with Gasteiger partial charge in [-0.2, -0.15) is 0 Å². The van der Waals surface area contributed by atoms with Crippen molar-refractivity contribution in [3.05, 3.63) is 83.3 Å². The van der Waals surface area contributed by atoms with E-state index in [0.717, 1.165) is 36.5 Å². The zero-order chi connectivity index (χ0) is 23.4. The van der Waals surface area contributed by atoms with Crippen LogP contribution in [-0.4, -0.2) is 51.1 Å². The van der Waals surface area contributed by atoms with Gasteiger partial charge < -0.3 is 4.74 Å². The van der Waals surface area contributed by atoms with Gasteiger partial charge in [0.2, 0.25) is 5.28 Å². The first-order valence-corrected chi connectivity index (χ1v) is 11.5. The van der Waals surface area contributed by atoms with Crippen LogP contribution in [0.3, 0.4) is 0 Å². The summed E-state index contributed by atoms with van der Waals surface area (Å²) in [5.74, 6) is 0. The van der Waals surface area contributed by atoms with Crippen LogP contribution in [0.25, 0.3) is 11.3 Å². The van der Waals surface area contributed by atoms with E-state index < -0.39 is 5.60 Å². The number of carbonyl (C=O) groups is 1. The number of nitrogens with zero attached hydrogens (tertiary/aromatic N) is 4. The monoisotopic (exact) mass is 464 g/mol. The molecular formula is C26H29ClN4O2. The second-order valence-corrected chi connectivity index (χ2v) is 9.58. The molecule has 1 aliphatic heterocycles. The topological polar surface area (TPSA) is 58.6 Å². The van der Waals surface area contributed by atoms with Gasteiger partial charge in [-0.25, -0.2) is 14.8 Å². The Bertz CT molecular complexity index is 1100. The highest BCUT2D eigenvalue weighted by Gasteiger charge is 2.34. The zero-order valence-electron chi connectivity index (χ0n) is 19.2. The zero-order valence-corrected chi connectivity index (χ0v) is 20.0. The molecule has 172 valence electrons. The molecule has 4 rings (SSSR count). The lowest BCUT2D eigenvalue weighted by Gasteiger charge is -2.42. The molecule has 0 bridgehead atoms. The number of rotatable bonds is 4. The van der Waals surface area contributed by atoms with Gasteiger partial charge in [0.25, 0.3) is 0 Å². The maximum atomic E-state index is 13.0. The Morgan fingerprint density at radius 1 is 1.09 bits per heavy atom. The van der Waals surface area contributed by atoms with Crippen molar-refractivity contribution >= 4 is 17.7 Å². The number of amides is 1. The van der Waals surface area contributed by atoms with Crippen molar-refractivity contribution in [3.63, 3.8) is 0 Å². The SMILES string of the molecule is CC(C)(C)OC(=O)N1CCN(Cc2cccc(-c3ccnc(Cl)n3)c2)CC1c1ccccc1. The lowest BCUT2D eigenvalue weighted by molar-refractivity contribution is -0.00298. The van der Waals surface area contributed by atoms with Crippen molar-refractivity contribution in [1.82, 2.24) is 19.8 Å². The molecule has 1 atom stereocenters. The molecule has 1 saturated heterocycles. The Hall–Kier alpha value is -2.96. The van der Waals surface area contributed by atoms with Crippen molar-refractivity contribution in [1.29, 1.82) is 0 Å². The summed E-state index contributed by atoms with van der Waals surface area (Å²) in [5.41, 5.74) is 3.56. The first-order chi connectivity index (χ1) is 15.8. The fourth-order valence-electron chi connectivity index (χ4n) is 4.07. The average molecular weight is 465 g/mol. The van der Waals surface area contributed by atoms with Crippen LogP contribution in [0, 0.1) is 0 Å². The maximum absolute atomic E-state index is 13.0. The summed E-state index contributed by atoms with van der Waals surface area (Å²) in [4.78, 5) is 25.5. The summed E-state index contributed by atoms with van der Waals surface area (Å²) in [5, 5.41) is 0.238. The molecule has 0 aliphatic carbocycles. The largest absolute Gasteiger partial charge is 0.444 e. The van der Waals surface area contributed by atoms with Crippen LogP contribution < -0.4 is 0 Å². The molecular weight excluding hydrogens is 436 g/mol. The van der Waals surface area contributed by atoms with Gasteiger partial charge in [-0.15, -0.1) is 0 Å². The predicted molar refractivity (Wildman–Crippen MR) is 130 cm³/mol. The van der Waals surface area contributed by atoms with Crippen LogP contribution in [0.15, 0.2) is 66.9 Å². The van der Waals surface area contributed by atoms with Gasteiger partial charge in [-0.05, 0) is 55.6 Å². The van der Waals surface area contributed by atoms with Gasteiger partial charge in [0.1, 0.15) is 5.60 Å². The van der Waals surface area contributed by atoms with Gasteiger partial charge in [-0.3, -0.25) is 9.80 Å². The van der Waals surface area contributed by atoms with Crippen molar-refractivity contribution in [2.24, 2.45) is 0 Å². The van der Waals surface area contributed by atoms with Crippen LogP contribution in [0.5, 0.6) is 0 Å². The summed E-state index contributed by atoms with van der Waals surface area (Å²) in [6, 6.07) is 20.3. The molecule has 2 heterocycles. The van der Waals surface area contributed by atoms with Crippen molar-refractivity contribution in [3.8, 4) is 11.3 Å². The number of hydrogen-bond donors (Lipinski definition) is 0. The van der Waals surface area contributed by atoms with E-state index in [-0.39, 0.29) is 17.4 Å². The number of piperazine rings is 1. The first kappa shape index (κ1) is 23.2. The molecule has 0 spiro atoms. The molecule has 0 N–H and O–H groups in total. The molecule has 1 unspecified atom stereocenters. The van der Waals surface area contributed by atoms with Crippen LogP contribution in [0.1, 0.15) is 37.9 Å². The quantitative estimate of drug-likeness (QED) is 0.471. The molecule has 2 aromatic carbocycles. The van der Waals surface area contributed by atoms with E-state index in [4.69, 9.17) is 16.3 Å². The van der Waals surface area contributed by atoms with E-state index in [2.05, 4.69) is 39.1 Å². The number of aromatic nitrogens is 2. The maximum Gasteiger partial charge on any atom is 0.410 e. The third-order valence-corrected chi connectivity index (χ3v) is 5.71. The number of benzene rings is 2. The minimum absolute atomic E-state index is 0.0707. The number of halogens is 1. The molecule has 1 fully saturated rings. The Labute approximate surface area is 200 Å².